The molecule has 10 heteroatoms. The molecule has 0 radical (unpaired) electrons. The summed E-state index contributed by atoms with van der Waals surface area (Å²) in [6.07, 6.45) is 0.830. The number of carbonyl (C=O) groups is 1. The Morgan fingerprint density at radius 2 is 1.93 bits per heavy atom. The SMILES string of the molecule is CC[C@H](C)[C@H](CO)NC(=O)c1ccc2nc(NS(=O)(=O)c3ccc(Cl)cc3)sc2c1. The second kappa shape index (κ2) is 9.30. The number of anilines is 1. The summed E-state index contributed by atoms with van der Waals surface area (Å²) < 4.78 is 28.2. The standard InChI is InChI=1S/C20H22ClN3O4S2/c1-3-12(2)17(11-25)22-19(26)13-4-9-16-18(10-13)29-20(23-16)24-30(27,28)15-7-5-14(21)6-8-15/h4-10,12,17,25H,3,11H2,1-2H3,(H,22,26)(H,23,24)/t12-,17-/m0/s1. The van der Waals surface area contributed by atoms with Crippen molar-refractivity contribution in [3.63, 3.8) is 0 Å². The highest BCUT2D eigenvalue weighted by Gasteiger charge is 2.20. The molecule has 3 N–H and O–H groups in total. The molecule has 0 unspecified atom stereocenters. The molecule has 0 saturated carbocycles. The molecule has 1 heterocycles. The number of aliphatic hydroxyl groups is 1. The van der Waals surface area contributed by atoms with Crippen LogP contribution in [0.5, 0.6) is 0 Å². The fourth-order valence-corrected chi connectivity index (χ4v) is 5.07. The van der Waals surface area contributed by atoms with Crippen molar-refractivity contribution in [1.82, 2.24) is 10.3 Å². The maximum Gasteiger partial charge on any atom is 0.263 e. The Morgan fingerprint density at radius 1 is 1.23 bits per heavy atom. The first-order valence-corrected chi connectivity index (χ1v) is 12.0. The molecular formula is C20H22ClN3O4S2. The number of thiazole rings is 1. The minimum atomic E-state index is -3.80. The lowest BCUT2D eigenvalue weighted by Crippen LogP contribution is -2.41. The van der Waals surface area contributed by atoms with Crippen LogP contribution in [0.1, 0.15) is 30.6 Å². The number of hydrogen-bond donors (Lipinski definition) is 3. The van der Waals surface area contributed by atoms with E-state index < -0.39 is 10.0 Å². The van der Waals surface area contributed by atoms with Gasteiger partial charge in [0.2, 0.25) is 0 Å². The van der Waals surface area contributed by atoms with Gasteiger partial charge in [-0.25, -0.2) is 13.4 Å². The van der Waals surface area contributed by atoms with Crippen molar-refractivity contribution >= 4 is 54.2 Å². The number of amides is 1. The number of aromatic nitrogens is 1. The molecule has 0 aliphatic heterocycles. The predicted octanol–water partition coefficient (Wildman–Crippen LogP) is 3.89. The number of hydrogen-bond acceptors (Lipinski definition) is 6. The Hall–Kier alpha value is -2.20. The molecule has 1 amide bonds. The molecule has 0 bridgehead atoms. The van der Waals surface area contributed by atoms with Gasteiger partial charge < -0.3 is 10.4 Å². The van der Waals surface area contributed by atoms with Crippen LogP contribution >= 0.6 is 22.9 Å². The minimum absolute atomic E-state index is 0.0753. The molecule has 30 heavy (non-hydrogen) atoms. The van der Waals surface area contributed by atoms with Gasteiger partial charge in [-0.1, -0.05) is 43.2 Å². The van der Waals surface area contributed by atoms with Crippen LogP contribution in [0.4, 0.5) is 5.13 Å². The zero-order chi connectivity index (χ0) is 21.9. The highest BCUT2D eigenvalue weighted by molar-refractivity contribution is 7.93. The third-order valence-corrected chi connectivity index (χ3v) is 7.51. The summed E-state index contributed by atoms with van der Waals surface area (Å²) in [5.74, 6) is -0.159. The molecule has 0 saturated heterocycles. The van der Waals surface area contributed by atoms with E-state index in [1.807, 2.05) is 13.8 Å². The first-order valence-electron chi connectivity index (χ1n) is 9.34. The highest BCUT2D eigenvalue weighted by atomic mass is 35.5. The number of halogens is 1. The molecule has 1 aromatic heterocycles. The summed E-state index contributed by atoms with van der Waals surface area (Å²) in [5, 5.41) is 13.0. The van der Waals surface area contributed by atoms with E-state index in [1.165, 1.54) is 24.3 Å². The maximum atomic E-state index is 12.6. The molecule has 2 atom stereocenters. The molecule has 160 valence electrons. The van der Waals surface area contributed by atoms with E-state index in [4.69, 9.17) is 11.6 Å². The molecule has 0 aliphatic carbocycles. The van der Waals surface area contributed by atoms with Crippen LogP contribution in [0.15, 0.2) is 47.4 Å². The molecule has 3 rings (SSSR count). The average Bonchev–Trinajstić information content (AvgIpc) is 3.12. The Kier molecular flexibility index (Phi) is 6.97. The Labute approximate surface area is 184 Å². The van der Waals surface area contributed by atoms with Gasteiger partial charge >= 0.3 is 0 Å². The van der Waals surface area contributed by atoms with E-state index in [-0.39, 0.29) is 34.5 Å². The summed E-state index contributed by atoms with van der Waals surface area (Å²) in [6, 6.07) is 10.4. The van der Waals surface area contributed by atoms with Crippen molar-refractivity contribution < 1.29 is 18.3 Å². The van der Waals surface area contributed by atoms with E-state index in [0.717, 1.165) is 17.8 Å². The third-order valence-electron chi connectivity index (χ3n) is 4.84. The van der Waals surface area contributed by atoms with Crippen LogP contribution in [0.25, 0.3) is 10.2 Å². The zero-order valence-corrected chi connectivity index (χ0v) is 18.8. The summed E-state index contributed by atoms with van der Waals surface area (Å²) in [6.45, 7) is 3.82. The Morgan fingerprint density at radius 3 is 2.57 bits per heavy atom. The van der Waals surface area contributed by atoms with Crippen molar-refractivity contribution in [3.8, 4) is 0 Å². The van der Waals surface area contributed by atoms with Gasteiger partial charge in [-0.05, 0) is 48.4 Å². The maximum absolute atomic E-state index is 12.6. The highest BCUT2D eigenvalue weighted by Crippen LogP contribution is 2.29. The van der Waals surface area contributed by atoms with E-state index in [9.17, 15) is 18.3 Å². The Bertz CT molecular complexity index is 1150. The molecular weight excluding hydrogens is 446 g/mol. The van der Waals surface area contributed by atoms with Gasteiger partial charge in [0, 0.05) is 10.6 Å². The van der Waals surface area contributed by atoms with E-state index in [1.54, 1.807) is 18.2 Å². The monoisotopic (exact) mass is 467 g/mol. The summed E-state index contributed by atoms with van der Waals surface area (Å²) in [4.78, 5) is 16.9. The molecule has 7 nitrogen and oxygen atoms in total. The van der Waals surface area contributed by atoms with Gasteiger partial charge in [0.05, 0.1) is 27.8 Å². The van der Waals surface area contributed by atoms with E-state index >= 15 is 0 Å². The van der Waals surface area contributed by atoms with E-state index in [0.29, 0.717) is 20.8 Å². The largest absolute Gasteiger partial charge is 0.394 e. The van der Waals surface area contributed by atoms with E-state index in [2.05, 4.69) is 15.0 Å². The summed E-state index contributed by atoms with van der Waals surface area (Å²) in [5.41, 5.74) is 0.992. The van der Waals surface area contributed by atoms with Crippen molar-refractivity contribution in [2.45, 2.75) is 31.2 Å². The first-order chi connectivity index (χ1) is 14.2. The second-order valence-electron chi connectivity index (χ2n) is 6.91. The number of sulfonamides is 1. The van der Waals surface area contributed by atoms with Gasteiger partial charge in [0.1, 0.15) is 0 Å². The molecule has 0 fully saturated rings. The quantitative estimate of drug-likeness (QED) is 0.465. The van der Waals surface area contributed by atoms with Crippen molar-refractivity contribution in [3.05, 3.63) is 53.1 Å². The molecule has 3 aromatic rings. The summed E-state index contributed by atoms with van der Waals surface area (Å²) in [7, 11) is -3.80. The smallest absolute Gasteiger partial charge is 0.263 e. The van der Waals surface area contributed by atoms with Crippen LogP contribution in [0, 0.1) is 5.92 Å². The van der Waals surface area contributed by atoms with Gasteiger partial charge in [0.25, 0.3) is 15.9 Å². The van der Waals surface area contributed by atoms with Crippen LogP contribution in [-0.2, 0) is 10.0 Å². The number of nitrogens with one attached hydrogen (secondary N) is 2. The predicted molar refractivity (Wildman–Crippen MR) is 120 cm³/mol. The van der Waals surface area contributed by atoms with Gasteiger partial charge in [0.15, 0.2) is 5.13 Å². The average molecular weight is 468 g/mol. The lowest BCUT2D eigenvalue weighted by Gasteiger charge is -2.22. The minimum Gasteiger partial charge on any atom is -0.394 e. The van der Waals surface area contributed by atoms with Gasteiger partial charge in [-0.2, -0.15) is 0 Å². The fourth-order valence-electron chi connectivity index (χ4n) is 2.80. The van der Waals surface area contributed by atoms with Crippen molar-refractivity contribution in [2.75, 3.05) is 11.3 Å². The van der Waals surface area contributed by atoms with Crippen molar-refractivity contribution in [1.29, 1.82) is 0 Å². The second-order valence-corrected chi connectivity index (χ2v) is 10.1. The van der Waals surface area contributed by atoms with Crippen molar-refractivity contribution in [2.24, 2.45) is 5.92 Å². The number of rotatable bonds is 8. The van der Waals surface area contributed by atoms with Crippen LogP contribution < -0.4 is 10.0 Å². The van der Waals surface area contributed by atoms with Crippen LogP contribution in [0.3, 0.4) is 0 Å². The topological polar surface area (TPSA) is 108 Å². The third kappa shape index (κ3) is 5.10. The lowest BCUT2D eigenvalue weighted by atomic mass is 9.99. The normalized spacial score (nSPS) is 13.7. The first kappa shape index (κ1) is 22.5. The number of nitrogens with zero attached hydrogens (tertiary/aromatic N) is 1. The van der Waals surface area contributed by atoms with Gasteiger partial charge in [-0.15, -0.1) is 0 Å². The van der Waals surface area contributed by atoms with Crippen LogP contribution in [0.2, 0.25) is 5.02 Å². The number of fused-ring (bicyclic) bond motifs is 1. The number of aliphatic hydroxyl groups excluding tert-OH is 1. The Balaban J connectivity index is 1.80. The molecule has 0 spiro atoms. The zero-order valence-electron chi connectivity index (χ0n) is 16.4. The molecule has 2 aromatic carbocycles. The molecule has 0 aliphatic rings. The number of benzene rings is 2. The summed E-state index contributed by atoms with van der Waals surface area (Å²) >= 11 is 6.94. The fraction of sp³-hybridized carbons (Fsp3) is 0.300. The number of carbonyl (C=O) groups excluding carboxylic acids is 1. The lowest BCUT2D eigenvalue weighted by molar-refractivity contribution is 0.0891. The van der Waals surface area contributed by atoms with Crippen LogP contribution in [-0.4, -0.2) is 37.1 Å². The van der Waals surface area contributed by atoms with Gasteiger partial charge in [-0.3, -0.25) is 9.52 Å².